The second kappa shape index (κ2) is 4.39. The van der Waals surface area contributed by atoms with E-state index in [9.17, 15) is 0 Å². The zero-order valence-corrected chi connectivity index (χ0v) is 8.75. The minimum atomic E-state index is 0.367. The summed E-state index contributed by atoms with van der Waals surface area (Å²) in [5, 5.41) is 9.30. The number of hydrogen-bond acceptors (Lipinski definition) is 4. The highest BCUT2D eigenvalue weighted by molar-refractivity contribution is 7.10. The van der Waals surface area contributed by atoms with Crippen molar-refractivity contribution in [3.05, 3.63) is 40.4 Å². The lowest BCUT2D eigenvalue weighted by Gasteiger charge is -2.09. The third-order valence-corrected chi connectivity index (χ3v) is 3.11. The lowest BCUT2D eigenvalue weighted by Crippen LogP contribution is -2.17. The Bertz CT molecular complexity index is 355. The first-order valence-corrected chi connectivity index (χ1v) is 5.40. The smallest absolute Gasteiger partial charge is 0.124 e. The molecule has 2 aromatic heterocycles. The molecule has 0 amide bonds. The predicted octanol–water partition coefficient (Wildman–Crippen LogP) is 2.59. The van der Waals surface area contributed by atoms with Gasteiger partial charge in [0.2, 0.25) is 0 Å². The van der Waals surface area contributed by atoms with E-state index in [2.05, 4.69) is 34.9 Å². The fourth-order valence-corrected chi connectivity index (χ4v) is 1.98. The molecule has 74 valence electrons. The SMILES string of the molecule is CC(NCc1ccon1)c1cccs1. The molecule has 1 unspecified atom stereocenters. The van der Waals surface area contributed by atoms with Crippen molar-refractivity contribution in [2.45, 2.75) is 19.5 Å². The first kappa shape index (κ1) is 9.43. The fourth-order valence-electron chi connectivity index (χ4n) is 1.22. The number of thiophene rings is 1. The monoisotopic (exact) mass is 208 g/mol. The van der Waals surface area contributed by atoms with Crippen molar-refractivity contribution in [1.82, 2.24) is 10.5 Å². The quantitative estimate of drug-likeness (QED) is 0.839. The summed E-state index contributed by atoms with van der Waals surface area (Å²) in [4.78, 5) is 1.34. The minimum Gasteiger partial charge on any atom is -0.364 e. The van der Waals surface area contributed by atoms with E-state index < -0.39 is 0 Å². The van der Waals surface area contributed by atoms with Gasteiger partial charge in [-0.1, -0.05) is 11.2 Å². The van der Waals surface area contributed by atoms with Crippen LogP contribution in [0.25, 0.3) is 0 Å². The number of nitrogens with one attached hydrogen (secondary N) is 1. The molecule has 1 N–H and O–H groups in total. The lowest BCUT2D eigenvalue weighted by molar-refractivity contribution is 0.406. The van der Waals surface area contributed by atoms with Crippen LogP contribution in [0.15, 0.2) is 34.4 Å². The molecule has 0 fully saturated rings. The Morgan fingerprint density at radius 1 is 1.57 bits per heavy atom. The second-order valence-corrected chi connectivity index (χ2v) is 4.09. The summed E-state index contributed by atoms with van der Waals surface area (Å²) >= 11 is 1.76. The van der Waals surface area contributed by atoms with Crippen LogP contribution in [0.5, 0.6) is 0 Å². The maximum Gasteiger partial charge on any atom is 0.124 e. The largest absolute Gasteiger partial charge is 0.364 e. The Morgan fingerprint density at radius 3 is 3.14 bits per heavy atom. The van der Waals surface area contributed by atoms with Gasteiger partial charge in [0.05, 0.1) is 5.69 Å². The van der Waals surface area contributed by atoms with Crippen LogP contribution >= 0.6 is 11.3 Å². The summed E-state index contributed by atoms with van der Waals surface area (Å²) < 4.78 is 4.75. The van der Waals surface area contributed by atoms with Gasteiger partial charge in [-0.3, -0.25) is 0 Å². The van der Waals surface area contributed by atoms with E-state index in [1.54, 1.807) is 17.6 Å². The standard InChI is InChI=1S/C10H12N2OS/c1-8(10-3-2-6-14-10)11-7-9-4-5-13-12-9/h2-6,8,11H,7H2,1H3. The maximum absolute atomic E-state index is 4.75. The predicted molar refractivity (Wildman–Crippen MR) is 56.1 cm³/mol. The van der Waals surface area contributed by atoms with Crippen LogP contribution in [0.4, 0.5) is 0 Å². The van der Waals surface area contributed by atoms with E-state index in [1.807, 2.05) is 6.07 Å². The molecule has 4 heteroatoms. The zero-order chi connectivity index (χ0) is 9.80. The summed E-state index contributed by atoms with van der Waals surface area (Å²) in [6.45, 7) is 2.89. The van der Waals surface area contributed by atoms with Crippen LogP contribution in [0.1, 0.15) is 23.5 Å². The molecule has 0 bridgehead atoms. The molecule has 0 aliphatic rings. The summed E-state index contributed by atoms with van der Waals surface area (Å²) in [6, 6.07) is 6.43. The summed E-state index contributed by atoms with van der Waals surface area (Å²) in [5.74, 6) is 0. The van der Waals surface area contributed by atoms with Crippen molar-refractivity contribution in [2.75, 3.05) is 0 Å². The number of aromatic nitrogens is 1. The van der Waals surface area contributed by atoms with Crippen molar-refractivity contribution in [2.24, 2.45) is 0 Å². The van der Waals surface area contributed by atoms with E-state index >= 15 is 0 Å². The van der Waals surface area contributed by atoms with Crippen molar-refractivity contribution < 1.29 is 4.52 Å². The maximum atomic E-state index is 4.75. The first-order chi connectivity index (χ1) is 6.86. The summed E-state index contributed by atoms with van der Waals surface area (Å²) in [7, 11) is 0. The van der Waals surface area contributed by atoms with Crippen LogP contribution in [-0.2, 0) is 6.54 Å². The van der Waals surface area contributed by atoms with Gasteiger partial charge in [0, 0.05) is 23.5 Å². The lowest BCUT2D eigenvalue weighted by atomic mass is 10.2. The van der Waals surface area contributed by atoms with Crippen molar-refractivity contribution in [3.8, 4) is 0 Å². The molecular weight excluding hydrogens is 196 g/mol. The van der Waals surface area contributed by atoms with E-state index in [-0.39, 0.29) is 0 Å². The first-order valence-electron chi connectivity index (χ1n) is 4.52. The summed E-state index contributed by atoms with van der Waals surface area (Å²) in [5.41, 5.74) is 0.938. The molecule has 14 heavy (non-hydrogen) atoms. The third kappa shape index (κ3) is 2.21. The van der Waals surface area contributed by atoms with Crippen LogP contribution < -0.4 is 5.32 Å². The van der Waals surface area contributed by atoms with Gasteiger partial charge in [0.15, 0.2) is 0 Å². The average Bonchev–Trinajstić information content (AvgIpc) is 2.87. The molecule has 0 saturated heterocycles. The van der Waals surface area contributed by atoms with E-state index in [1.165, 1.54) is 4.88 Å². The van der Waals surface area contributed by atoms with E-state index in [0.717, 1.165) is 12.2 Å². The van der Waals surface area contributed by atoms with Gasteiger partial charge in [0.1, 0.15) is 6.26 Å². The molecule has 0 aromatic carbocycles. The van der Waals surface area contributed by atoms with Gasteiger partial charge in [-0.2, -0.15) is 0 Å². The van der Waals surface area contributed by atoms with E-state index in [4.69, 9.17) is 4.52 Å². The summed E-state index contributed by atoms with van der Waals surface area (Å²) in [6.07, 6.45) is 1.59. The molecule has 2 heterocycles. The molecule has 1 atom stereocenters. The molecule has 0 saturated carbocycles. The third-order valence-electron chi connectivity index (χ3n) is 2.05. The van der Waals surface area contributed by atoms with Gasteiger partial charge in [-0.05, 0) is 18.4 Å². The van der Waals surface area contributed by atoms with Crippen LogP contribution in [0, 0.1) is 0 Å². The number of hydrogen-bond donors (Lipinski definition) is 1. The topological polar surface area (TPSA) is 38.1 Å². The Balaban J connectivity index is 1.87. The molecule has 0 spiro atoms. The molecule has 3 nitrogen and oxygen atoms in total. The zero-order valence-electron chi connectivity index (χ0n) is 7.93. The van der Waals surface area contributed by atoms with Gasteiger partial charge in [-0.15, -0.1) is 11.3 Å². The molecule has 2 aromatic rings. The molecule has 0 radical (unpaired) electrons. The van der Waals surface area contributed by atoms with Gasteiger partial charge < -0.3 is 9.84 Å². The highest BCUT2D eigenvalue weighted by Crippen LogP contribution is 2.18. The molecule has 2 rings (SSSR count). The number of rotatable bonds is 4. The van der Waals surface area contributed by atoms with Crippen LogP contribution in [0.3, 0.4) is 0 Å². The number of nitrogens with zero attached hydrogens (tertiary/aromatic N) is 1. The normalized spacial score (nSPS) is 12.9. The van der Waals surface area contributed by atoms with Crippen LogP contribution in [-0.4, -0.2) is 5.16 Å². The molecule has 0 aliphatic carbocycles. The van der Waals surface area contributed by atoms with Crippen molar-refractivity contribution in [1.29, 1.82) is 0 Å². The Morgan fingerprint density at radius 2 is 2.50 bits per heavy atom. The van der Waals surface area contributed by atoms with Crippen molar-refractivity contribution >= 4 is 11.3 Å². The second-order valence-electron chi connectivity index (χ2n) is 3.11. The fraction of sp³-hybridized carbons (Fsp3) is 0.300. The average molecular weight is 208 g/mol. The Labute approximate surface area is 86.7 Å². The Hall–Kier alpha value is -1.13. The van der Waals surface area contributed by atoms with Gasteiger partial charge in [-0.25, -0.2) is 0 Å². The highest BCUT2D eigenvalue weighted by atomic mass is 32.1. The Kier molecular flexibility index (Phi) is 2.96. The molecule has 0 aliphatic heterocycles. The molecular formula is C10H12N2OS. The van der Waals surface area contributed by atoms with Gasteiger partial charge in [0.25, 0.3) is 0 Å². The van der Waals surface area contributed by atoms with E-state index in [0.29, 0.717) is 6.04 Å². The highest BCUT2D eigenvalue weighted by Gasteiger charge is 2.05. The minimum absolute atomic E-state index is 0.367. The van der Waals surface area contributed by atoms with Crippen molar-refractivity contribution in [3.63, 3.8) is 0 Å². The van der Waals surface area contributed by atoms with Gasteiger partial charge >= 0.3 is 0 Å². The van der Waals surface area contributed by atoms with Crippen LogP contribution in [0.2, 0.25) is 0 Å².